The highest BCUT2D eigenvalue weighted by Gasteiger charge is 1.94. The Labute approximate surface area is 103 Å². The Balaban J connectivity index is 2.58. The quantitative estimate of drug-likeness (QED) is 0.600. The highest BCUT2D eigenvalue weighted by molar-refractivity contribution is 5.41. The standard InChI is InChI=1S/C14H19N3/c1-3-4-12(2)5-6-13-7-8-14(17-11-13)16-10-9-15/h3,7-8,11-12H,1,4,9-10,15H2,2H3,(H,16,17). The molecular weight excluding hydrogens is 210 g/mol. The van der Waals surface area contributed by atoms with E-state index in [-0.39, 0.29) is 0 Å². The van der Waals surface area contributed by atoms with E-state index in [0.29, 0.717) is 12.5 Å². The number of aromatic nitrogens is 1. The summed E-state index contributed by atoms with van der Waals surface area (Å²) in [5.41, 5.74) is 6.32. The second-order valence-corrected chi connectivity index (χ2v) is 3.84. The molecule has 0 aliphatic heterocycles. The second kappa shape index (κ2) is 7.48. The van der Waals surface area contributed by atoms with Crippen LogP contribution in [0.25, 0.3) is 0 Å². The molecule has 1 aromatic heterocycles. The molecule has 1 rings (SSSR count). The maximum Gasteiger partial charge on any atom is 0.126 e. The van der Waals surface area contributed by atoms with Gasteiger partial charge in [0.05, 0.1) is 0 Å². The Morgan fingerprint density at radius 2 is 2.41 bits per heavy atom. The molecule has 90 valence electrons. The van der Waals surface area contributed by atoms with Crippen LogP contribution in [0, 0.1) is 17.8 Å². The second-order valence-electron chi connectivity index (χ2n) is 3.84. The Kier molecular flexibility index (Phi) is 5.84. The fourth-order valence-corrected chi connectivity index (χ4v) is 1.29. The molecule has 0 aromatic carbocycles. The summed E-state index contributed by atoms with van der Waals surface area (Å²) < 4.78 is 0. The average Bonchev–Trinajstić information content (AvgIpc) is 2.35. The first-order valence-corrected chi connectivity index (χ1v) is 5.78. The third kappa shape index (κ3) is 5.19. The smallest absolute Gasteiger partial charge is 0.126 e. The molecule has 0 aliphatic carbocycles. The minimum absolute atomic E-state index is 0.336. The molecule has 0 spiro atoms. The van der Waals surface area contributed by atoms with Crippen LogP contribution in [0.15, 0.2) is 31.0 Å². The van der Waals surface area contributed by atoms with E-state index < -0.39 is 0 Å². The van der Waals surface area contributed by atoms with Gasteiger partial charge in [-0.05, 0) is 18.6 Å². The first-order chi connectivity index (χ1) is 8.26. The van der Waals surface area contributed by atoms with Gasteiger partial charge >= 0.3 is 0 Å². The van der Waals surface area contributed by atoms with Crippen LogP contribution in [0.3, 0.4) is 0 Å². The molecule has 0 amide bonds. The van der Waals surface area contributed by atoms with Gasteiger partial charge in [-0.25, -0.2) is 4.98 Å². The first kappa shape index (κ1) is 13.3. The maximum absolute atomic E-state index is 5.40. The summed E-state index contributed by atoms with van der Waals surface area (Å²) in [7, 11) is 0. The van der Waals surface area contributed by atoms with Gasteiger partial charge in [-0.15, -0.1) is 6.58 Å². The Bertz CT molecular complexity index is 398. The van der Waals surface area contributed by atoms with Crippen molar-refractivity contribution in [3.8, 4) is 11.8 Å². The summed E-state index contributed by atoms with van der Waals surface area (Å²) in [4.78, 5) is 4.25. The minimum Gasteiger partial charge on any atom is -0.369 e. The predicted octanol–water partition coefficient (Wildman–Crippen LogP) is 2.02. The van der Waals surface area contributed by atoms with Crippen molar-refractivity contribution in [2.24, 2.45) is 11.7 Å². The zero-order valence-electron chi connectivity index (χ0n) is 10.2. The van der Waals surface area contributed by atoms with Crippen LogP contribution in [-0.2, 0) is 0 Å². The van der Waals surface area contributed by atoms with Crippen LogP contribution >= 0.6 is 0 Å². The number of allylic oxidation sites excluding steroid dienone is 1. The monoisotopic (exact) mass is 229 g/mol. The summed E-state index contributed by atoms with van der Waals surface area (Å²) in [6.45, 7) is 7.11. The zero-order valence-corrected chi connectivity index (χ0v) is 10.2. The lowest BCUT2D eigenvalue weighted by Crippen LogP contribution is -2.13. The van der Waals surface area contributed by atoms with Gasteiger partial charge in [-0.1, -0.05) is 24.8 Å². The van der Waals surface area contributed by atoms with Gasteiger partial charge in [-0.2, -0.15) is 0 Å². The molecule has 3 heteroatoms. The molecule has 3 nitrogen and oxygen atoms in total. The summed E-state index contributed by atoms with van der Waals surface area (Å²) in [6.07, 6.45) is 4.57. The summed E-state index contributed by atoms with van der Waals surface area (Å²) in [5, 5.41) is 3.11. The fourth-order valence-electron chi connectivity index (χ4n) is 1.29. The SMILES string of the molecule is C=CCC(C)C#Cc1ccc(NCCN)nc1. The number of pyridine rings is 1. The molecular formula is C14H19N3. The van der Waals surface area contributed by atoms with Crippen LogP contribution in [0.1, 0.15) is 18.9 Å². The van der Waals surface area contributed by atoms with E-state index in [0.717, 1.165) is 24.3 Å². The van der Waals surface area contributed by atoms with E-state index in [2.05, 4.69) is 35.6 Å². The largest absolute Gasteiger partial charge is 0.369 e. The van der Waals surface area contributed by atoms with E-state index in [4.69, 9.17) is 5.73 Å². The van der Waals surface area contributed by atoms with Crippen molar-refractivity contribution in [1.82, 2.24) is 4.98 Å². The molecule has 3 N–H and O–H groups in total. The number of nitrogens with two attached hydrogens (primary N) is 1. The van der Waals surface area contributed by atoms with Crippen molar-refractivity contribution >= 4 is 5.82 Å². The van der Waals surface area contributed by atoms with E-state index >= 15 is 0 Å². The van der Waals surface area contributed by atoms with Crippen LogP contribution in [-0.4, -0.2) is 18.1 Å². The van der Waals surface area contributed by atoms with Gasteiger partial charge in [0, 0.05) is 30.8 Å². The Hall–Kier alpha value is -1.79. The number of nitrogens with zero attached hydrogens (tertiary/aromatic N) is 1. The first-order valence-electron chi connectivity index (χ1n) is 5.78. The van der Waals surface area contributed by atoms with Crippen molar-refractivity contribution in [3.63, 3.8) is 0 Å². The number of hydrogen-bond donors (Lipinski definition) is 2. The van der Waals surface area contributed by atoms with E-state index in [1.165, 1.54) is 0 Å². The van der Waals surface area contributed by atoms with Gasteiger partial charge in [0.1, 0.15) is 5.82 Å². The van der Waals surface area contributed by atoms with Gasteiger partial charge in [-0.3, -0.25) is 0 Å². The van der Waals surface area contributed by atoms with Gasteiger partial charge < -0.3 is 11.1 Å². The van der Waals surface area contributed by atoms with Crippen LogP contribution in [0.2, 0.25) is 0 Å². The summed E-state index contributed by atoms with van der Waals surface area (Å²) in [5.74, 6) is 7.43. The van der Waals surface area contributed by atoms with Crippen LogP contribution < -0.4 is 11.1 Å². The van der Waals surface area contributed by atoms with Gasteiger partial charge in [0.25, 0.3) is 0 Å². The van der Waals surface area contributed by atoms with Crippen LogP contribution in [0.4, 0.5) is 5.82 Å². The van der Waals surface area contributed by atoms with Crippen molar-refractivity contribution in [1.29, 1.82) is 0 Å². The molecule has 1 heterocycles. The van der Waals surface area contributed by atoms with E-state index in [9.17, 15) is 0 Å². The van der Waals surface area contributed by atoms with Gasteiger partial charge in [0.15, 0.2) is 0 Å². The topological polar surface area (TPSA) is 50.9 Å². The highest BCUT2D eigenvalue weighted by Crippen LogP contribution is 2.05. The lowest BCUT2D eigenvalue weighted by molar-refractivity contribution is 0.774. The zero-order chi connectivity index (χ0) is 12.5. The number of anilines is 1. The number of nitrogens with one attached hydrogen (secondary N) is 1. The molecule has 0 fully saturated rings. The fraction of sp³-hybridized carbons (Fsp3) is 0.357. The lowest BCUT2D eigenvalue weighted by atomic mass is 10.1. The molecule has 1 atom stereocenters. The Morgan fingerprint density at radius 3 is 3.00 bits per heavy atom. The molecule has 0 saturated heterocycles. The molecule has 0 bridgehead atoms. The van der Waals surface area contributed by atoms with Gasteiger partial charge in [0.2, 0.25) is 0 Å². The van der Waals surface area contributed by atoms with Crippen molar-refractivity contribution in [2.75, 3.05) is 18.4 Å². The summed E-state index contributed by atoms with van der Waals surface area (Å²) in [6, 6.07) is 3.87. The molecule has 0 saturated carbocycles. The van der Waals surface area contributed by atoms with E-state index in [1.807, 2.05) is 18.2 Å². The molecule has 0 radical (unpaired) electrons. The molecule has 1 unspecified atom stereocenters. The Morgan fingerprint density at radius 1 is 1.59 bits per heavy atom. The highest BCUT2D eigenvalue weighted by atomic mass is 15.0. The normalized spacial score (nSPS) is 11.2. The maximum atomic E-state index is 5.40. The lowest BCUT2D eigenvalue weighted by Gasteiger charge is -2.02. The van der Waals surface area contributed by atoms with Crippen molar-refractivity contribution in [3.05, 3.63) is 36.5 Å². The molecule has 1 aromatic rings. The third-order valence-electron chi connectivity index (χ3n) is 2.20. The average molecular weight is 229 g/mol. The summed E-state index contributed by atoms with van der Waals surface area (Å²) >= 11 is 0. The molecule has 17 heavy (non-hydrogen) atoms. The number of rotatable bonds is 5. The minimum atomic E-state index is 0.336. The molecule has 0 aliphatic rings. The van der Waals surface area contributed by atoms with Crippen molar-refractivity contribution in [2.45, 2.75) is 13.3 Å². The van der Waals surface area contributed by atoms with Crippen molar-refractivity contribution < 1.29 is 0 Å². The van der Waals surface area contributed by atoms with E-state index in [1.54, 1.807) is 6.20 Å². The predicted molar refractivity (Wildman–Crippen MR) is 72.6 cm³/mol. The van der Waals surface area contributed by atoms with Crippen LogP contribution in [0.5, 0.6) is 0 Å². The number of hydrogen-bond acceptors (Lipinski definition) is 3. The third-order valence-corrected chi connectivity index (χ3v) is 2.20.